The van der Waals surface area contributed by atoms with Crippen LogP contribution in [0.15, 0.2) is 52.3 Å². The van der Waals surface area contributed by atoms with E-state index >= 15 is 0 Å². The smallest absolute Gasteiger partial charge is 0.307 e. The van der Waals surface area contributed by atoms with Crippen molar-refractivity contribution in [1.82, 2.24) is 30.0 Å². The van der Waals surface area contributed by atoms with E-state index in [1.807, 2.05) is 30.3 Å². The van der Waals surface area contributed by atoms with E-state index in [9.17, 15) is 4.79 Å². The molecule has 4 rings (SSSR count). The number of rotatable bonds is 9. The second-order valence-corrected chi connectivity index (χ2v) is 8.57. The van der Waals surface area contributed by atoms with Crippen molar-refractivity contribution in [2.24, 2.45) is 0 Å². The van der Waals surface area contributed by atoms with Crippen LogP contribution in [0.1, 0.15) is 31.5 Å². The molecular formula is C22H25N7O2S. The lowest BCUT2D eigenvalue weighted by molar-refractivity contribution is 0.0918. The number of benzene rings is 1. The van der Waals surface area contributed by atoms with Gasteiger partial charge < -0.3 is 15.1 Å². The molecule has 9 nitrogen and oxygen atoms in total. The number of anilines is 1. The molecule has 1 aromatic carbocycles. The number of amides is 1. The lowest BCUT2D eigenvalue weighted by Gasteiger charge is -2.11. The molecule has 4 aromatic rings. The molecule has 0 aliphatic heterocycles. The van der Waals surface area contributed by atoms with Gasteiger partial charge in [0.1, 0.15) is 5.82 Å². The van der Waals surface area contributed by atoms with E-state index in [-0.39, 0.29) is 17.8 Å². The van der Waals surface area contributed by atoms with Gasteiger partial charge in [-0.2, -0.15) is 5.10 Å². The Kier molecular flexibility index (Phi) is 6.69. The molecule has 0 unspecified atom stereocenters. The van der Waals surface area contributed by atoms with E-state index in [2.05, 4.69) is 51.5 Å². The third kappa shape index (κ3) is 4.91. The number of hydrogen-bond acceptors (Lipinski definition) is 8. The van der Waals surface area contributed by atoms with E-state index in [1.54, 1.807) is 28.8 Å². The molecule has 3 aromatic heterocycles. The van der Waals surface area contributed by atoms with E-state index in [0.717, 1.165) is 28.2 Å². The van der Waals surface area contributed by atoms with Gasteiger partial charge in [-0.15, -0.1) is 0 Å². The molecule has 0 fully saturated rings. The molecule has 3 heterocycles. The number of nitrogens with one attached hydrogen (secondary N) is 2. The van der Waals surface area contributed by atoms with Crippen molar-refractivity contribution >= 4 is 34.5 Å². The van der Waals surface area contributed by atoms with E-state index in [4.69, 9.17) is 4.42 Å². The molecule has 2 N–H and O–H groups in total. The van der Waals surface area contributed by atoms with Gasteiger partial charge in [0, 0.05) is 18.2 Å². The third-order valence-corrected chi connectivity index (χ3v) is 5.27. The van der Waals surface area contributed by atoms with Crippen molar-refractivity contribution in [1.29, 1.82) is 0 Å². The average molecular weight is 452 g/mol. The Labute approximate surface area is 190 Å². The lowest BCUT2D eigenvalue weighted by atomic mass is 10.2. The second-order valence-electron chi connectivity index (χ2n) is 7.34. The molecule has 166 valence electrons. The monoisotopic (exact) mass is 451 g/mol. The highest BCUT2D eigenvalue weighted by atomic mass is 32.2. The molecule has 0 aliphatic carbocycles. The number of fused-ring (bicyclic) bond motifs is 1. The van der Waals surface area contributed by atoms with Crippen molar-refractivity contribution in [3.05, 3.63) is 48.6 Å². The fourth-order valence-electron chi connectivity index (χ4n) is 3.14. The molecule has 0 saturated heterocycles. The molecule has 1 amide bonds. The van der Waals surface area contributed by atoms with Gasteiger partial charge in [-0.25, -0.2) is 19.6 Å². The summed E-state index contributed by atoms with van der Waals surface area (Å²) in [5.41, 5.74) is 1.60. The summed E-state index contributed by atoms with van der Waals surface area (Å²) in [4.78, 5) is 25.8. The maximum atomic E-state index is 12.5. The number of carbonyl (C=O) groups is 1. The van der Waals surface area contributed by atoms with Gasteiger partial charge in [-0.1, -0.05) is 49.0 Å². The van der Waals surface area contributed by atoms with Crippen LogP contribution in [0.5, 0.6) is 0 Å². The first-order valence-corrected chi connectivity index (χ1v) is 11.5. The fourth-order valence-corrected chi connectivity index (χ4v) is 3.71. The number of nitrogens with zero attached hydrogens (tertiary/aromatic N) is 5. The first-order valence-electron chi connectivity index (χ1n) is 10.5. The SMILES string of the molecule is CCSc1nc(NC(C)C)c2cnn(CCNC(=O)c3ncc(-c4ccccc4)o3)c2n1. The Hall–Kier alpha value is -3.40. The highest BCUT2D eigenvalue weighted by molar-refractivity contribution is 7.99. The summed E-state index contributed by atoms with van der Waals surface area (Å²) in [7, 11) is 0. The zero-order valence-electron chi connectivity index (χ0n) is 18.2. The van der Waals surface area contributed by atoms with Gasteiger partial charge >= 0.3 is 5.91 Å². The Bertz CT molecular complexity index is 1200. The minimum absolute atomic E-state index is 0.0292. The summed E-state index contributed by atoms with van der Waals surface area (Å²) < 4.78 is 7.38. The number of oxazole rings is 1. The summed E-state index contributed by atoms with van der Waals surface area (Å²) in [5, 5.41) is 12.2. The summed E-state index contributed by atoms with van der Waals surface area (Å²) in [5.74, 6) is 1.85. The molecule has 32 heavy (non-hydrogen) atoms. The predicted molar refractivity (Wildman–Crippen MR) is 125 cm³/mol. The van der Waals surface area contributed by atoms with E-state index in [0.29, 0.717) is 24.0 Å². The standard InChI is InChI=1S/C22H25N7O2S/c1-4-32-22-27-18(26-14(2)3)16-12-25-29(19(16)28-22)11-10-23-20(30)21-24-13-17(31-21)15-8-6-5-7-9-15/h5-9,12-14H,4,10-11H2,1-3H3,(H,23,30)(H,26,27,28). The maximum Gasteiger partial charge on any atom is 0.307 e. The Morgan fingerprint density at radius 2 is 2.00 bits per heavy atom. The molecule has 0 saturated carbocycles. The molecule has 10 heteroatoms. The number of thioether (sulfide) groups is 1. The molecule has 0 atom stereocenters. The van der Waals surface area contributed by atoms with Crippen molar-refractivity contribution in [2.45, 2.75) is 38.5 Å². The van der Waals surface area contributed by atoms with Gasteiger partial charge in [0.25, 0.3) is 5.89 Å². The van der Waals surface area contributed by atoms with Crippen LogP contribution < -0.4 is 10.6 Å². The van der Waals surface area contributed by atoms with Crippen LogP contribution in [0.3, 0.4) is 0 Å². The summed E-state index contributed by atoms with van der Waals surface area (Å²) in [6.07, 6.45) is 3.31. The number of aromatic nitrogens is 5. The van der Waals surface area contributed by atoms with Crippen molar-refractivity contribution < 1.29 is 9.21 Å². The lowest BCUT2D eigenvalue weighted by Crippen LogP contribution is -2.27. The van der Waals surface area contributed by atoms with Gasteiger partial charge in [-0.05, 0) is 19.6 Å². The van der Waals surface area contributed by atoms with Crippen LogP contribution in [0.2, 0.25) is 0 Å². The van der Waals surface area contributed by atoms with E-state index in [1.165, 1.54) is 0 Å². The minimum Gasteiger partial charge on any atom is -0.432 e. The highest BCUT2D eigenvalue weighted by Crippen LogP contribution is 2.25. The molecule has 0 spiro atoms. The minimum atomic E-state index is -0.373. The molecule has 0 radical (unpaired) electrons. The van der Waals surface area contributed by atoms with Gasteiger partial charge in [0.2, 0.25) is 0 Å². The van der Waals surface area contributed by atoms with E-state index < -0.39 is 0 Å². The van der Waals surface area contributed by atoms with Crippen LogP contribution in [0.4, 0.5) is 5.82 Å². The van der Waals surface area contributed by atoms with Crippen molar-refractivity contribution in [3.63, 3.8) is 0 Å². The molecule has 0 aliphatic rings. The fraction of sp³-hybridized carbons (Fsp3) is 0.318. The van der Waals surface area contributed by atoms with Crippen LogP contribution in [-0.4, -0.2) is 49.0 Å². The Morgan fingerprint density at radius 3 is 2.75 bits per heavy atom. The molecule has 0 bridgehead atoms. The van der Waals surface area contributed by atoms with Crippen molar-refractivity contribution in [2.75, 3.05) is 17.6 Å². The first kappa shape index (κ1) is 21.8. The predicted octanol–water partition coefficient (Wildman–Crippen LogP) is 3.84. The summed E-state index contributed by atoms with van der Waals surface area (Å²) in [6.45, 7) is 6.99. The maximum absolute atomic E-state index is 12.5. The number of hydrogen-bond donors (Lipinski definition) is 2. The van der Waals surface area contributed by atoms with Crippen LogP contribution in [0, 0.1) is 0 Å². The van der Waals surface area contributed by atoms with Gasteiger partial charge in [0.15, 0.2) is 16.6 Å². The topological polar surface area (TPSA) is 111 Å². The third-order valence-electron chi connectivity index (χ3n) is 4.54. The van der Waals surface area contributed by atoms with Crippen molar-refractivity contribution in [3.8, 4) is 11.3 Å². The summed E-state index contributed by atoms with van der Waals surface area (Å²) in [6, 6.07) is 9.77. The first-order chi connectivity index (χ1) is 15.5. The van der Waals surface area contributed by atoms with Crippen LogP contribution in [0.25, 0.3) is 22.4 Å². The Balaban J connectivity index is 1.44. The van der Waals surface area contributed by atoms with Gasteiger partial charge in [0.05, 0.1) is 24.3 Å². The molecular weight excluding hydrogens is 426 g/mol. The average Bonchev–Trinajstić information content (AvgIpc) is 3.42. The zero-order valence-corrected chi connectivity index (χ0v) is 19.0. The normalized spacial score (nSPS) is 11.2. The second kappa shape index (κ2) is 9.82. The van der Waals surface area contributed by atoms with Gasteiger partial charge in [-0.3, -0.25) is 4.79 Å². The summed E-state index contributed by atoms with van der Waals surface area (Å²) >= 11 is 1.58. The quantitative estimate of drug-likeness (QED) is 0.292. The Morgan fingerprint density at radius 1 is 1.19 bits per heavy atom. The zero-order chi connectivity index (χ0) is 22.5. The van der Waals surface area contributed by atoms with Crippen LogP contribution in [-0.2, 0) is 6.54 Å². The number of carbonyl (C=O) groups excluding carboxylic acids is 1. The highest BCUT2D eigenvalue weighted by Gasteiger charge is 2.16. The van der Waals surface area contributed by atoms with Crippen LogP contribution >= 0.6 is 11.8 Å². The largest absolute Gasteiger partial charge is 0.432 e.